The van der Waals surface area contributed by atoms with Crippen LogP contribution in [0.15, 0.2) is 61.8 Å². The van der Waals surface area contributed by atoms with Gasteiger partial charge in [-0.1, -0.05) is 71.0 Å². The molecule has 0 N–H and O–H groups in total. The third-order valence-corrected chi connectivity index (χ3v) is 8.45. The average molecular weight is 675 g/mol. The molecule has 48 heavy (non-hydrogen) atoms. The summed E-state index contributed by atoms with van der Waals surface area (Å²) in [4.78, 5) is 33.6. The molecule has 3 rings (SSSR count). The molecule has 4 atom stereocenters. The Balaban J connectivity index is 2.23. The van der Waals surface area contributed by atoms with Gasteiger partial charge in [-0.05, 0) is 54.2 Å². The molecule has 1 amide bonds. The highest BCUT2D eigenvalue weighted by Crippen LogP contribution is 2.51. The smallest absolute Gasteiger partial charge is 0.417 e. The number of alkyl halides is 3. The first-order valence-electron chi connectivity index (χ1n) is 16.3. The van der Waals surface area contributed by atoms with E-state index in [9.17, 15) is 22.8 Å². The molecule has 1 saturated heterocycles. The van der Waals surface area contributed by atoms with E-state index in [1.54, 1.807) is 12.2 Å². The number of ether oxygens (including phenoxy) is 4. The van der Waals surface area contributed by atoms with Crippen molar-refractivity contribution in [3.8, 4) is 5.88 Å². The van der Waals surface area contributed by atoms with Gasteiger partial charge in [0.25, 0.3) is 0 Å². The van der Waals surface area contributed by atoms with Crippen molar-refractivity contribution in [3.05, 3.63) is 84.1 Å². The minimum absolute atomic E-state index is 0.0240. The number of esters is 1. The van der Waals surface area contributed by atoms with Crippen molar-refractivity contribution >= 4 is 12.1 Å². The minimum atomic E-state index is -4.64. The lowest BCUT2D eigenvalue weighted by Crippen LogP contribution is -2.48. The molecule has 2 aromatic rings. The maximum absolute atomic E-state index is 14.2. The molecule has 264 valence electrons. The Morgan fingerprint density at radius 1 is 1.02 bits per heavy atom. The number of aromatic nitrogens is 1. The minimum Gasteiger partial charge on any atom is -0.481 e. The van der Waals surface area contributed by atoms with E-state index >= 15 is 0 Å². The molecule has 0 bridgehead atoms. The molecule has 1 aromatic heterocycles. The van der Waals surface area contributed by atoms with Crippen LogP contribution in [0.4, 0.5) is 18.0 Å². The molecule has 1 aromatic carbocycles. The van der Waals surface area contributed by atoms with Crippen molar-refractivity contribution in [1.29, 1.82) is 0 Å². The highest BCUT2D eigenvalue weighted by molar-refractivity contribution is 5.83. The van der Waals surface area contributed by atoms with E-state index in [0.29, 0.717) is 31.9 Å². The lowest BCUT2D eigenvalue weighted by molar-refractivity contribution is -0.152. The van der Waals surface area contributed by atoms with E-state index < -0.39 is 53.3 Å². The maximum atomic E-state index is 14.2. The number of carbonyl (C=O) groups is 2. The van der Waals surface area contributed by atoms with Crippen LogP contribution in [0.1, 0.15) is 94.5 Å². The van der Waals surface area contributed by atoms with Gasteiger partial charge in [-0.15, -0.1) is 13.2 Å². The van der Waals surface area contributed by atoms with Gasteiger partial charge in [0.05, 0.1) is 44.6 Å². The number of rotatable bonds is 15. The predicted octanol–water partition coefficient (Wildman–Crippen LogP) is 8.82. The molecule has 1 fully saturated rings. The van der Waals surface area contributed by atoms with Gasteiger partial charge >= 0.3 is 18.2 Å². The van der Waals surface area contributed by atoms with Gasteiger partial charge in [0, 0.05) is 17.7 Å². The van der Waals surface area contributed by atoms with Crippen molar-refractivity contribution < 1.29 is 41.7 Å². The predicted molar refractivity (Wildman–Crippen MR) is 177 cm³/mol. The fourth-order valence-corrected chi connectivity index (χ4v) is 6.24. The highest BCUT2D eigenvalue weighted by Gasteiger charge is 2.60. The van der Waals surface area contributed by atoms with E-state index in [0.717, 1.165) is 17.2 Å². The van der Waals surface area contributed by atoms with Crippen molar-refractivity contribution in [2.45, 2.75) is 97.2 Å². The molecular weight excluding hydrogens is 625 g/mol. The molecule has 1 aliphatic rings. The summed E-state index contributed by atoms with van der Waals surface area (Å²) < 4.78 is 64.6. The standard InChI is InChI=1S/C37H49F3N2O6/c1-9-11-15-19-46-34(43)31-29(36(5,6)7)32(48-23-25-21-26(37(38,39)40)22-41-33(25)45-8)30(28-18-14-13-17-27(28)24(3)4)42(31)35(44)47-20-16-12-10-2/h9-10,13-14,17-18,21-22,24,29-32H,1-2,11-12,15-16,19-20,23H2,3-8H3/t29-,30-,31-,32-/m0/s1. The van der Waals surface area contributed by atoms with Crippen molar-refractivity contribution in [1.82, 2.24) is 9.88 Å². The quantitative estimate of drug-likeness (QED) is 0.106. The fraction of sp³-hybridized carbons (Fsp3) is 0.541. The third-order valence-electron chi connectivity index (χ3n) is 8.45. The van der Waals surface area contributed by atoms with Gasteiger partial charge < -0.3 is 18.9 Å². The Morgan fingerprint density at radius 2 is 1.65 bits per heavy atom. The van der Waals surface area contributed by atoms with Gasteiger partial charge in [0.2, 0.25) is 5.88 Å². The summed E-state index contributed by atoms with van der Waals surface area (Å²) in [5, 5.41) is 0. The van der Waals surface area contributed by atoms with Crippen LogP contribution in [0, 0.1) is 11.3 Å². The number of unbranched alkanes of at least 4 members (excludes halogenated alkanes) is 2. The summed E-state index contributed by atoms with van der Waals surface area (Å²) in [7, 11) is 1.32. The summed E-state index contributed by atoms with van der Waals surface area (Å²) in [5.74, 6) is -1.28. The van der Waals surface area contributed by atoms with E-state index in [-0.39, 0.29) is 37.2 Å². The first-order chi connectivity index (χ1) is 22.7. The summed E-state index contributed by atoms with van der Waals surface area (Å²) >= 11 is 0. The van der Waals surface area contributed by atoms with Gasteiger partial charge in [0.1, 0.15) is 6.04 Å². The van der Waals surface area contributed by atoms with Crippen LogP contribution in [0.25, 0.3) is 0 Å². The zero-order chi connectivity index (χ0) is 35.6. The van der Waals surface area contributed by atoms with Crippen molar-refractivity contribution in [2.75, 3.05) is 20.3 Å². The Morgan fingerprint density at radius 3 is 2.21 bits per heavy atom. The summed E-state index contributed by atoms with van der Waals surface area (Å²) in [5.41, 5.74) is 0.129. The molecule has 0 radical (unpaired) electrons. The molecule has 0 spiro atoms. The zero-order valence-electron chi connectivity index (χ0n) is 28.8. The molecule has 8 nitrogen and oxygen atoms in total. The average Bonchev–Trinajstić information content (AvgIpc) is 3.39. The second-order valence-electron chi connectivity index (χ2n) is 13.3. The van der Waals surface area contributed by atoms with Gasteiger partial charge in [-0.25, -0.2) is 14.6 Å². The molecule has 2 heterocycles. The second kappa shape index (κ2) is 17.0. The highest BCUT2D eigenvalue weighted by atomic mass is 19.4. The SMILES string of the molecule is C=CCCCOC(=O)[C@@H]1[C@H](C(C)(C)C)[C@H](OCc2cc(C(F)(F)F)cnc2OC)[C@H](c2ccccc2C(C)C)N1C(=O)OCCCC=C. The molecule has 11 heteroatoms. The number of benzene rings is 1. The number of amides is 1. The van der Waals surface area contributed by atoms with E-state index in [2.05, 4.69) is 18.1 Å². The zero-order valence-corrected chi connectivity index (χ0v) is 28.8. The monoisotopic (exact) mass is 674 g/mol. The Labute approximate surface area is 282 Å². The van der Waals surface area contributed by atoms with E-state index in [4.69, 9.17) is 18.9 Å². The van der Waals surface area contributed by atoms with E-state index in [1.165, 1.54) is 12.0 Å². The Bertz CT molecular complexity index is 1400. The Hall–Kier alpha value is -3.86. The lowest BCUT2D eigenvalue weighted by Gasteiger charge is -2.35. The van der Waals surface area contributed by atoms with Crippen molar-refractivity contribution in [3.63, 3.8) is 0 Å². The Kier molecular flexibility index (Phi) is 13.7. The molecular formula is C37H49F3N2O6. The summed E-state index contributed by atoms with van der Waals surface area (Å²) in [6, 6.07) is 6.55. The third kappa shape index (κ3) is 9.39. The number of hydrogen-bond acceptors (Lipinski definition) is 7. The topological polar surface area (TPSA) is 87.2 Å². The normalized spacial score (nSPS) is 19.7. The molecule has 1 aliphatic heterocycles. The van der Waals surface area contributed by atoms with Crippen LogP contribution in [0.3, 0.4) is 0 Å². The molecule has 0 saturated carbocycles. The number of allylic oxidation sites excluding steroid dienone is 2. The fourth-order valence-electron chi connectivity index (χ4n) is 6.24. The van der Waals surface area contributed by atoms with Crippen LogP contribution >= 0.6 is 0 Å². The maximum Gasteiger partial charge on any atom is 0.417 e. The first-order valence-corrected chi connectivity index (χ1v) is 16.3. The first kappa shape index (κ1) is 38.6. The molecule has 0 unspecified atom stereocenters. The number of nitrogens with zero attached hydrogens (tertiary/aromatic N) is 2. The number of methoxy groups -OCH3 is 1. The van der Waals surface area contributed by atoms with Crippen LogP contribution < -0.4 is 4.74 Å². The van der Waals surface area contributed by atoms with Crippen LogP contribution in [-0.4, -0.2) is 54.4 Å². The largest absolute Gasteiger partial charge is 0.481 e. The summed E-state index contributed by atoms with van der Waals surface area (Å²) in [6.45, 7) is 17.2. The lowest BCUT2D eigenvalue weighted by atomic mass is 9.73. The van der Waals surface area contributed by atoms with Crippen molar-refractivity contribution in [2.24, 2.45) is 11.3 Å². The summed E-state index contributed by atoms with van der Waals surface area (Å²) in [6.07, 6.45) is 0.294. The van der Waals surface area contributed by atoms with Gasteiger partial charge in [-0.2, -0.15) is 13.2 Å². The van der Waals surface area contributed by atoms with Gasteiger partial charge in [0.15, 0.2) is 0 Å². The van der Waals surface area contributed by atoms with Crippen LogP contribution in [0.5, 0.6) is 5.88 Å². The van der Waals surface area contributed by atoms with Gasteiger partial charge in [-0.3, -0.25) is 4.90 Å². The second-order valence-corrected chi connectivity index (χ2v) is 13.3. The number of carbonyl (C=O) groups excluding carboxylic acids is 2. The number of pyridine rings is 1. The number of hydrogen-bond donors (Lipinski definition) is 0. The number of halogens is 3. The van der Waals surface area contributed by atoms with E-state index in [1.807, 2.05) is 58.9 Å². The van der Waals surface area contributed by atoms with Crippen LogP contribution in [0.2, 0.25) is 0 Å². The molecule has 0 aliphatic carbocycles. The number of likely N-dealkylation sites (tertiary alicyclic amines) is 1. The van der Waals surface area contributed by atoms with Crippen LogP contribution in [-0.2, 0) is 31.8 Å².